The Hall–Kier alpha value is -1.51. The summed E-state index contributed by atoms with van der Waals surface area (Å²) < 4.78 is 5.10. The average Bonchev–Trinajstić information content (AvgIpc) is 3.14. The molecule has 3 heteroatoms. The lowest BCUT2D eigenvalue weighted by molar-refractivity contribution is -0.117. The van der Waals surface area contributed by atoms with Crippen LogP contribution in [-0.4, -0.2) is 13.0 Å². The van der Waals surface area contributed by atoms with Gasteiger partial charge in [-0.15, -0.1) is 0 Å². The van der Waals surface area contributed by atoms with Gasteiger partial charge in [0.2, 0.25) is 5.91 Å². The van der Waals surface area contributed by atoms with Crippen molar-refractivity contribution in [1.29, 1.82) is 0 Å². The molecule has 2 atom stereocenters. The summed E-state index contributed by atoms with van der Waals surface area (Å²) in [6, 6.07) is 7.52. The van der Waals surface area contributed by atoms with E-state index in [-0.39, 0.29) is 11.8 Å². The standard InChI is InChI=1S/C15H19NO2/c1-18-11-8-6-10(7-9-11)16-15(17)14-12-4-2-3-5-13(12)14/h6-9,12-14H,2-5H2,1H3,(H,16,17)/t12-,13-/m0/s1. The molecule has 1 amide bonds. The number of carbonyl (C=O) groups excluding carboxylic acids is 1. The second kappa shape index (κ2) is 4.63. The molecule has 0 radical (unpaired) electrons. The molecule has 0 heterocycles. The van der Waals surface area contributed by atoms with Crippen molar-refractivity contribution in [2.75, 3.05) is 12.4 Å². The number of fused-ring (bicyclic) bond motifs is 1. The Morgan fingerprint density at radius 2 is 1.78 bits per heavy atom. The van der Waals surface area contributed by atoms with Crippen LogP contribution >= 0.6 is 0 Å². The van der Waals surface area contributed by atoms with Gasteiger partial charge in [0.1, 0.15) is 5.75 Å². The van der Waals surface area contributed by atoms with Crippen LogP contribution in [-0.2, 0) is 4.79 Å². The smallest absolute Gasteiger partial charge is 0.228 e. The summed E-state index contributed by atoms with van der Waals surface area (Å²) in [5.41, 5.74) is 0.865. The summed E-state index contributed by atoms with van der Waals surface area (Å²) >= 11 is 0. The summed E-state index contributed by atoms with van der Waals surface area (Å²) in [7, 11) is 1.64. The number of hydrogen-bond donors (Lipinski definition) is 1. The lowest BCUT2D eigenvalue weighted by Gasteiger charge is -2.05. The maximum Gasteiger partial charge on any atom is 0.228 e. The highest BCUT2D eigenvalue weighted by atomic mass is 16.5. The number of carbonyl (C=O) groups is 1. The minimum Gasteiger partial charge on any atom is -0.497 e. The minimum absolute atomic E-state index is 0.206. The number of rotatable bonds is 3. The van der Waals surface area contributed by atoms with Gasteiger partial charge in [-0.25, -0.2) is 0 Å². The molecule has 0 aliphatic heterocycles. The van der Waals surface area contributed by atoms with E-state index < -0.39 is 0 Å². The number of amides is 1. The van der Waals surface area contributed by atoms with E-state index >= 15 is 0 Å². The summed E-state index contributed by atoms with van der Waals surface area (Å²) in [4.78, 5) is 12.2. The third-order valence-corrected chi connectivity index (χ3v) is 4.32. The molecule has 2 aliphatic carbocycles. The fourth-order valence-electron chi connectivity index (χ4n) is 3.28. The first-order chi connectivity index (χ1) is 8.79. The van der Waals surface area contributed by atoms with Crippen molar-refractivity contribution in [2.45, 2.75) is 25.7 Å². The van der Waals surface area contributed by atoms with Crippen LogP contribution in [0.3, 0.4) is 0 Å². The van der Waals surface area contributed by atoms with E-state index in [1.165, 1.54) is 25.7 Å². The third-order valence-electron chi connectivity index (χ3n) is 4.32. The highest BCUT2D eigenvalue weighted by Gasteiger charge is 2.54. The first-order valence-corrected chi connectivity index (χ1v) is 6.74. The molecule has 18 heavy (non-hydrogen) atoms. The largest absolute Gasteiger partial charge is 0.497 e. The van der Waals surface area contributed by atoms with Gasteiger partial charge in [-0.2, -0.15) is 0 Å². The number of ether oxygens (including phenoxy) is 1. The van der Waals surface area contributed by atoms with Crippen LogP contribution in [0.4, 0.5) is 5.69 Å². The van der Waals surface area contributed by atoms with E-state index in [0.717, 1.165) is 11.4 Å². The molecule has 1 N–H and O–H groups in total. The Morgan fingerprint density at radius 3 is 2.33 bits per heavy atom. The zero-order valence-electron chi connectivity index (χ0n) is 10.7. The molecule has 0 saturated heterocycles. The Balaban J connectivity index is 1.60. The monoisotopic (exact) mass is 245 g/mol. The number of hydrogen-bond acceptors (Lipinski definition) is 2. The fraction of sp³-hybridized carbons (Fsp3) is 0.533. The van der Waals surface area contributed by atoms with Crippen LogP contribution in [0.5, 0.6) is 5.75 Å². The molecule has 0 aromatic heterocycles. The molecule has 1 aromatic carbocycles. The Labute approximate surface area is 108 Å². The molecule has 96 valence electrons. The van der Waals surface area contributed by atoms with Crippen LogP contribution < -0.4 is 10.1 Å². The van der Waals surface area contributed by atoms with Gasteiger partial charge in [-0.3, -0.25) is 4.79 Å². The summed E-state index contributed by atoms with van der Waals surface area (Å²) in [6.07, 6.45) is 5.08. The van der Waals surface area contributed by atoms with E-state index in [0.29, 0.717) is 11.8 Å². The second-order valence-corrected chi connectivity index (χ2v) is 5.36. The van der Waals surface area contributed by atoms with E-state index in [9.17, 15) is 4.79 Å². The van der Waals surface area contributed by atoms with Gasteiger partial charge in [0, 0.05) is 11.6 Å². The maximum atomic E-state index is 12.2. The van der Waals surface area contributed by atoms with E-state index in [1.807, 2.05) is 24.3 Å². The second-order valence-electron chi connectivity index (χ2n) is 5.36. The van der Waals surface area contributed by atoms with Crippen molar-refractivity contribution < 1.29 is 9.53 Å². The predicted octanol–water partition coefficient (Wildman–Crippen LogP) is 3.07. The highest BCUT2D eigenvalue weighted by molar-refractivity contribution is 5.94. The summed E-state index contributed by atoms with van der Waals surface area (Å²) in [6.45, 7) is 0. The minimum atomic E-state index is 0.206. The lowest BCUT2D eigenvalue weighted by atomic mass is 10.0. The maximum absolute atomic E-state index is 12.2. The van der Waals surface area contributed by atoms with Crippen molar-refractivity contribution in [2.24, 2.45) is 17.8 Å². The van der Waals surface area contributed by atoms with E-state index in [4.69, 9.17) is 4.74 Å². The Morgan fingerprint density at radius 1 is 1.17 bits per heavy atom. The lowest BCUT2D eigenvalue weighted by Crippen LogP contribution is -2.15. The van der Waals surface area contributed by atoms with Crippen LogP contribution in [0.25, 0.3) is 0 Å². The Kier molecular flexibility index (Phi) is 2.98. The molecule has 0 unspecified atom stereocenters. The van der Waals surface area contributed by atoms with Crippen molar-refractivity contribution in [1.82, 2.24) is 0 Å². The molecule has 3 nitrogen and oxygen atoms in total. The average molecular weight is 245 g/mol. The topological polar surface area (TPSA) is 38.3 Å². The zero-order valence-corrected chi connectivity index (χ0v) is 10.7. The SMILES string of the molecule is COc1ccc(NC(=O)C2[C@H]3CCCC[C@H]23)cc1. The molecule has 2 aliphatic rings. The van der Waals surface area contributed by atoms with Gasteiger partial charge in [-0.1, -0.05) is 12.8 Å². The molecular formula is C15H19NO2. The van der Waals surface area contributed by atoms with Gasteiger partial charge in [0.15, 0.2) is 0 Å². The van der Waals surface area contributed by atoms with Crippen molar-refractivity contribution in [3.63, 3.8) is 0 Å². The number of methoxy groups -OCH3 is 1. The van der Waals surface area contributed by atoms with Gasteiger partial charge >= 0.3 is 0 Å². The quantitative estimate of drug-likeness (QED) is 0.888. The summed E-state index contributed by atoms with van der Waals surface area (Å²) in [5, 5.41) is 3.02. The Bertz CT molecular complexity index is 428. The van der Waals surface area contributed by atoms with Crippen LogP contribution in [0.2, 0.25) is 0 Å². The highest BCUT2D eigenvalue weighted by Crippen LogP contribution is 2.55. The third kappa shape index (κ3) is 2.09. The van der Waals surface area contributed by atoms with E-state index in [1.54, 1.807) is 7.11 Å². The fourth-order valence-corrected chi connectivity index (χ4v) is 3.28. The zero-order chi connectivity index (χ0) is 12.5. The number of nitrogens with one attached hydrogen (secondary N) is 1. The number of benzene rings is 1. The molecule has 1 aromatic rings. The summed E-state index contributed by atoms with van der Waals surface area (Å²) in [5.74, 6) is 2.62. The van der Waals surface area contributed by atoms with Gasteiger partial charge in [0.05, 0.1) is 7.11 Å². The van der Waals surface area contributed by atoms with Crippen LogP contribution in [0, 0.1) is 17.8 Å². The first kappa shape index (κ1) is 11.6. The molecule has 0 spiro atoms. The predicted molar refractivity (Wildman–Crippen MR) is 70.6 cm³/mol. The number of anilines is 1. The van der Waals surface area contributed by atoms with E-state index in [2.05, 4.69) is 5.32 Å². The molecule has 0 bridgehead atoms. The van der Waals surface area contributed by atoms with Crippen LogP contribution in [0.1, 0.15) is 25.7 Å². The molecule has 2 fully saturated rings. The normalized spacial score (nSPS) is 29.3. The molecular weight excluding hydrogens is 226 g/mol. The van der Waals surface area contributed by atoms with Crippen molar-refractivity contribution >= 4 is 11.6 Å². The molecule has 2 saturated carbocycles. The van der Waals surface area contributed by atoms with Gasteiger partial charge in [0.25, 0.3) is 0 Å². The van der Waals surface area contributed by atoms with Gasteiger partial charge < -0.3 is 10.1 Å². The first-order valence-electron chi connectivity index (χ1n) is 6.74. The van der Waals surface area contributed by atoms with Crippen molar-refractivity contribution in [3.8, 4) is 5.75 Å². The van der Waals surface area contributed by atoms with Gasteiger partial charge in [-0.05, 0) is 48.9 Å². The van der Waals surface area contributed by atoms with Crippen LogP contribution in [0.15, 0.2) is 24.3 Å². The molecule has 3 rings (SSSR count). The van der Waals surface area contributed by atoms with Crippen molar-refractivity contribution in [3.05, 3.63) is 24.3 Å².